The highest BCUT2D eigenvalue weighted by Crippen LogP contribution is 2.43. The van der Waals surface area contributed by atoms with Crippen molar-refractivity contribution in [3.63, 3.8) is 0 Å². The monoisotopic (exact) mass is 204 g/mol. The van der Waals surface area contributed by atoms with Crippen LogP contribution in [-0.4, -0.2) is 13.1 Å². The summed E-state index contributed by atoms with van der Waals surface area (Å²) in [6.07, 6.45) is 1.37. The minimum Gasteiger partial charge on any atom is -0.465 e. The molecule has 4 heteroatoms. The number of hydrogen-bond acceptors (Lipinski definition) is 4. The van der Waals surface area contributed by atoms with Crippen LogP contribution in [0.2, 0.25) is 0 Å². The Balaban J connectivity index is 2.26. The molecular formula is C11H8O4. The fraction of sp³-hybridized carbons (Fsp3) is 0.182. The first-order chi connectivity index (χ1) is 7.31. The molecule has 0 atom stereocenters. The van der Waals surface area contributed by atoms with Gasteiger partial charge < -0.3 is 13.9 Å². The Morgan fingerprint density at radius 3 is 3.13 bits per heavy atom. The SMILES string of the molecule is COC(=O)c1coc2c3c(ccc1-3)CO2. The zero-order valence-electron chi connectivity index (χ0n) is 8.07. The van der Waals surface area contributed by atoms with Gasteiger partial charge in [-0.2, -0.15) is 0 Å². The van der Waals surface area contributed by atoms with Crippen LogP contribution in [0.15, 0.2) is 22.8 Å². The summed E-state index contributed by atoms with van der Waals surface area (Å²) < 4.78 is 15.2. The second kappa shape index (κ2) is 2.76. The third-order valence-corrected chi connectivity index (χ3v) is 2.58. The van der Waals surface area contributed by atoms with Gasteiger partial charge in [0.2, 0.25) is 0 Å². The van der Waals surface area contributed by atoms with Crippen molar-refractivity contribution in [2.75, 3.05) is 7.11 Å². The third-order valence-electron chi connectivity index (χ3n) is 2.58. The molecule has 3 aliphatic rings. The Morgan fingerprint density at radius 2 is 2.33 bits per heavy atom. The highest BCUT2D eigenvalue weighted by molar-refractivity contribution is 5.99. The Labute approximate surface area is 85.7 Å². The molecule has 0 unspecified atom stereocenters. The minimum atomic E-state index is -0.394. The lowest BCUT2D eigenvalue weighted by Gasteiger charge is -2.06. The number of ether oxygens (including phenoxy) is 2. The van der Waals surface area contributed by atoms with Gasteiger partial charge in [-0.3, -0.25) is 0 Å². The summed E-state index contributed by atoms with van der Waals surface area (Å²) in [7, 11) is 1.35. The Kier molecular flexibility index (Phi) is 1.54. The van der Waals surface area contributed by atoms with Crippen molar-refractivity contribution >= 4 is 5.97 Å². The maximum atomic E-state index is 11.4. The molecule has 0 saturated heterocycles. The molecule has 0 radical (unpaired) electrons. The molecule has 0 aromatic heterocycles. The average molecular weight is 204 g/mol. The molecule has 15 heavy (non-hydrogen) atoms. The lowest BCUT2D eigenvalue weighted by Crippen LogP contribution is -2.03. The quantitative estimate of drug-likeness (QED) is 0.667. The molecule has 76 valence electrons. The molecule has 0 bridgehead atoms. The predicted octanol–water partition coefficient (Wildman–Crippen LogP) is 2.06. The fourth-order valence-electron chi connectivity index (χ4n) is 1.86. The number of rotatable bonds is 1. The van der Waals surface area contributed by atoms with E-state index in [-0.39, 0.29) is 0 Å². The van der Waals surface area contributed by atoms with Gasteiger partial charge in [-0.05, 0) is 0 Å². The number of carbonyl (C=O) groups is 1. The van der Waals surface area contributed by atoms with E-state index in [1.807, 2.05) is 12.1 Å². The van der Waals surface area contributed by atoms with Crippen LogP contribution >= 0.6 is 0 Å². The third kappa shape index (κ3) is 0.986. The van der Waals surface area contributed by atoms with Crippen molar-refractivity contribution in [1.82, 2.24) is 0 Å². The second-order valence-corrected chi connectivity index (χ2v) is 3.36. The maximum Gasteiger partial charge on any atom is 0.341 e. The molecule has 0 aromatic carbocycles. The molecule has 2 aliphatic heterocycles. The van der Waals surface area contributed by atoms with Gasteiger partial charge >= 0.3 is 5.97 Å². The van der Waals surface area contributed by atoms with E-state index in [1.54, 1.807) is 0 Å². The van der Waals surface area contributed by atoms with Crippen molar-refractivity contribution in [3.05, 3.63) is 29.5 Å². The Hall–Kier alpha value is -1.97. The molecule has 4 nitrogen and oxygen atoms in total. The van der Waals surface area contributed by atoms with Gasteiger partial charge in [-0.25, -0.2) is 4.79 Å². The molecule has 2 heterocycles. The molecular weight excluding hydrogens is 196 g/mol. The van der Waals surface area contributed by atoms with E-state index in [9.17, 15) is 4.79 Å². The van der Waals surface area contributed by atoms with E-state index >= 15 is 0 Å². The molecule has 1 aliphatic carbocycles. The van der Waals surface area contributed by atoms with Gasteiger partial charge in [0.25, 0.3) is 5.95 Å². The van der Waals surface area contributed by atoms with Crippen molar-refractivity contribution in [2.24, 2.45) is 0 Å². The summed E-state index contributed by atoms with van der Waals surface area (Å²) >= 11 is 0. The van der Waals surface area contributed by atoms with E-state index in [0.717, 1.165) is 16.7 Å². The Bertz CT molecular complexity index is 512. The Morgan fingerprint density at radius 1 is 1.47 bits per heavy atom. The summed E-state index contributed by atoms with van der Waals surface area (Å²) in [4.78, 5) is 11.4. The van der Waals surface area contributed by atoms with Crippen molar-refractivity contribution in [2.45, 2.75) is 6.61 Å². The number of hydrogen-bond donors (Lipinski definition) is 0. The lowest BCUT2D eigenvalue weighted by molar-refractivity contribution is 0.0598. The average Bonchev–Trinajstić information content (AvgIpc) is 2.86. The van der Waals surface area contributed by atoms with Gasteiger partial charge in [-0.15, -0.1) is 0 Å². The first-order valence-corrected chi connectivity index (χ1v) is 4.55. The topological polar surface area (TPSA) is 48.7 Å². The van der Waals surface area contributed by atoms with E-state index in [4.69, 9.17) is 9.15 Å². The van der Waals surface area contributed by atoms with Crippen molar-refractivity contribution in [3.8, 4) is 17.1 Å². The highest BCUT2D eigenvalue weighted by atomic mass is 16.6. The fourth-order valence-corrected chi connectivity index (χ4v) is 1.86. The number of carbonyl (C=O) groups excluding carboxylic acids is 1. The molecule has 3 rings (SSSR count). The summed E-state index contributed by atoms with van der Waals surface area (Å²) in [5.41, 5.74) is 3.20. The van der Waals surface area contributed by atoms with Crippen molar-refractivity contribution in [1.29, 1.82) is 0 Å². The van der Waals surface area contributed by atoms with Crippen LogP contribution in [0, 0.1) is 0 Å². The molecule has 0 N–H and O–H groups in total. The molecule has 0 amide bonds. The summed E-state index contributed by atoms with van der Waals surface area (Å²) in [6, 6.07) is 3.82. The molecule has 0 spiro atoms. The predicted molar refractivity (Wildman–Crippen MR) is 51.0 cm³/mol. The zero-order chi connectivity index (χ0) is 10.4. The van der Waals surface area contributed by atoms with Gasteiger partial charge in [0.1, 0.15) is 18.4 Å². The number of esters is 1. The van der Waals surface area contributed by atoms with E-state index in [0.29, 0.717) is 18.1 Å². The van der Waals surface area contributed by atoms with E-state index in [1.165, 1.54) is 13.4 Å². The van der Waals surface area contributed by atoms with Gasteiger partial charge in [0, 0.05) is 11.1 Å². The summed E-state index contributed by atoms with van der Waals surface area (Å²) in [5, 5.41) is 0. The zero-order valence-corrected chi connectivity index (χ0v) is 8.07. The van der Waals surface area contributed by atoms with Crippen LogP contribution in [0.3, 0.4) is 0 Å². The van der Waals surface area contributed by atoms with E-state index < -0.39 is 5.97 Å². The van der Waals surface area contributed by atoms with Gasteiger partial charge in [0.15, 0.2) is 0 Å². The minimum absolute atomic E-state index is 0.394. The number of methoxy groups -OCH3 is 1. The largest absolute Gasteiger partial charge is 0.465 e. The van der Waals surface area contributed by atoms with Gasteiger partial charge in [0.05, 0.1) is 12.7 Å². The van der Waals surface area contributed by atoms with Crippen LogP contribution in [0.4, 0.5) is 0 Å². The summed E-state index contributed by atoms with van der Waals surface area (Å²) in [5.74, 6) is 0.0898. The second-order valence-electron chi connectivity index (χ2n) is 3.36. The van der Waals surface area contributed by atoms with Gasteiger partial charge in [-0.1, -0.05) is 12.1 Å². The maximum absolute atomic E-state index is 11.4. The van der Waals surface area contributed by atoms with Crippen LogP contribution in [0.1, 0.15) is 15.9 Å². The van der Waals surface area contributed by atoms with Crippen LogP contribution in [0.25, 0.3) is 11.1 Å². The van der Waals surface area contributed by atoms with Crippen LogP contribution in [0.5, 0.6) is 5.95 Å². The molecule has 0 aromatic rings. The lowest BCUT2D eigenvalue weighted by atomic mass is 10.1. The van der Waals surface area contributed by atoms with Crippen molar-refractivity contribution < 1.29 is 18.7 Å². The normalized spacial score (nSPS) is 12.9. The first kappa shape index (κ1) is 8.35. The van der Waals surface area contributed by atoms with Crippen LogP contribution < -0.4 is 4.74 Å². The van der Waals surface area contributed by atoms with Crippen LogP contribution in [-0.2, 0) is 11.3 Å². The first-order valence-electron chi connectivity index (χ1n) is 4.55. The molecule has 0 fully saturated rings. The molecule has 0 saturated carbocycles. The van der Waals surface area contributed by atoms with E-state index in [2.05, 4.69) is 4.74 Å². The standard InChI is InChI=1S/C11H8O4/c1-13-10(12)8-5-15-11-9-6(4-14-11)2-3-7(8)9/h2-3,5H,4H2,1H3. The summed E-state index contributed by atoms with van der Waals surface area (Å²) in [6.45, 7) is 0.507. The highest BCUT2D eigenvalue weighted by Gasteiger charge is 2.28. The smallest absolute Gasteiger partial charge is 0.341 e.